The molecular weight excluding hydrogens is 264 g/mol. The van der Waals surface area contributed by atoms with Gasteiger partial charge in [-0.3, -0.25) is 4.79 Å². The third-order valence-corrected chi connectivity index (χ3v) is 2.93. The predicted molar refractivity (Wildman–Crippen MR) is 69.9 cm³/mol. The summed E-state index contributed by atoms with van der Waals surface area (Å²) in [5, 5.41) is 0. The smallest absolute Gasteiger partial charge is 0.212 e. The number of carbonyl (C=O) groups is 1. The zero-order valence-corrected chi connectivity index (χ0v) is 11.1. The lowest BCUT2D eigenvalue weighted by molar-refractivity contribution is 0.0984. The van der Waals surface area contributed by atoms with E-state index in [1.165, 1.54) is 26.3 Å². The lowest BCUT2D eigenvalue weighted by atomic mass is 10.0. The quantitative estimate of drug-likeness (QED) is 0.806. The number of nitrogens with zero attached hydrogens (tertiary/aromatic N) is 1. The fourth-order valence-corrected chi connectivity index (χ4v) is 1.82. The van der Waals surface area contributed by atoms with Gasteiger partial charge in [-0.15, -0.1) is 0 Å². The van der Waals surface area contributed by atoms with Crippen molar-refractivity contribution in [2.45, 2.75) is 13.3 Å². The van der Waals surface area contributed by atoms with Crippen LogP contribution in [0.3, 0.4) is 0 Å². The Kier molecular flexibility index (Phi) is 4.08. The molecule has 0 radical (unpaired) electrons. The van der Waals surface area contributed by atoms with Gasteiger partial charge in [0, 0.05) is 18.7 Å². The summed E-state index contributed by atoms with van der Waals surface area (Å²) in [5.41, 5.74) is 0.305. The predicted octanol–water partition coefficient (Wildman–Crippen LogP) is 3.10. The molecule has 0 aliphatic heterocycles. The average molecular weight is 277 g/mol. The molecule has 0 aliphatic rings. The second-order valence-electron chi connectivity index (χ2n) is 4.36. The van der Waals surface area contributed by atoms with Gasteiger partial charge in [0.05, 0.1) is 12.7 Å². The molecule has 0 fully saturated rings. The molecule has 5 heteroatoms. The molecule has 0 unspecified atom stereocenters. The van der Waals surface area contributed by atoms with E-state index in [4.69, 9.17) is 4.74 Å². The molecule has 20 heavy (non-hydrogen) atoms. The molecule has 1 heterocycles. The number of hydrogen-bond acceptors (Lipinski definition) is 3. The Bertz CT molecular complexity index is 639. The molecule has 0 N–H and O–H groups in total. The first-order chi connectivity index (χ1) is 9.52. The number of carbonyl (C=O) groups excluding carboxylic acids is 1. The Morgan fingerprint density at radius 2 is 2.00 bits per heavy atom. The van der Waals surface area contributed by atoms with Gasteiger partial charge < -0.3 is 4.74 Å². The van der Waals surface area contributed by atoms with Crippen molar-refractivity contribution >= 4 is 5.78 Å². The summed E-state index contributed by atoms with van der Waals surface area (Å²) in [5.74, 6) is -1.86. The summed E-state index contributed by atoms with van der Waals surface area (Å²) in [6.45, 7) is 1.49. The molecule has 2 rings (SSSR count). The molecule has 104 valence electrons. The standard InChI is InChI=1S/C15H13F2NO2/c1-9-3-5-11(16)14(15(9)17)12(19)7-10-4-6-13(20-2)18-8-10/h3-6,8H,7H2,1-2H3. The zero-order chi connectivity index (χ0) is 14.7. The van der Waals surface area contributed by atoms with E-state index in [2.05, 4.69) is 4.98 Å². The van der Waals surface area contributed by atoms with Crippen molar-refractivity contribution in [2.24, 2.45) is 0 Å². The van der Waals surface area contributed by atoms with E-state index in [1.54, 1.807) is 12.1 Å². The van der Waals surface area contributed by atoms with Crippen molar-refractivity contribution in [2.75, 3.05) is 7.11 Å². The van der Waals surface area contributed by atoms with Gasteiger partial charge in [0.1, 0.15) is 11.6 Å². The van der Waals surface area contributed by atoms with Crippen LogP contribution >= 0.6 is 0 Å². The van der Waals surface area contributed by atoms with Gasteiger partial charge >= 0.3 is 0 Å². The molecular formula is C15H13F2NO2. The average Bonchev–Trinajstić information content (AvgIpc) is 2.44. The van der Waals surface area contributed by atoms with E-state index in [0.717, 1.165) is 6.07 Å². The molecule has 0 atom stereocenters. The van der Waals surface area contributed by atoms with Gasteiger partial charge in [-0.1, -0.05) is 12.1 Å². The second-order valence-corrected chi connectivity index (χ2v) is 4.36. The van der Waals surface area contributed by atoms with E-state index >= 15 is 0 Å². The van der Waals surface area contributed by atoms with Crippen LogP contribution in [0.25, 0.3) is 0 Å². The molecule has 0 amide bonds. The van der Waals surface area contributed by atoms with Gasteiger partial charge in [-0.25, -0.2) is 13.8 Å². The molecule has 1 aromatic heterocycles. The highest BCUT2D eigenvalue weighted by atomic mass is 19.1. The number of ketones is 1. The monoisotopic (exact) mass is 277 g/mol. The highest BCUT2D eigenvalue weighted by molar-refractivity contribution is 5.98. The first-order valence-electron chi connectivity index (χ1n) is 5.99. The largest absolute Gasteiger partial charge is 0.481 e. The van der Waals surface area contributed by atoms with Crippen LogP contribution in [-0.4, -0.2) is 17.9 Å². The molecule has 1 aromatic carbocycles. The van der Waals surface area contributed by atoms with Crippen LogP contribution in [0.1, 0.15) is 21.5 Å². The minimum Gasteiger partial charge on any atom is -0.481 e. The highest BCUT2D eigenvalue weighted by Crippen LogP contribution is 2.19. The Labute approximate surface area is 115 Å². The number of aryl methyl sites for hydroxylation is 1. The van der Waals surface area contributed by atoms with Gasteiger partial charge in [-0.05, 0) is 24.1 Å². The Balaban J connectivity index is 2.26. The van der Waals surface area contributed by atoms with Gasteiger partial charge in [-0.2, -0.15) is 0 Å². The lowest BCUT2D eigenvalue weighted by Gasteiger charge is -2.07. The molecule has 0 saturated carbocycles. The van der Waals surface area contributed by atoms with Crippen molar-refractivity contribution in [3.8, 4) is 5.88 Å². The van der Waals surface area contributed by atoms with Crippen molar-refractivity contribution < 1.29 is 18.3 Å². The number of rotatable bonds is 4. The van der Waals surface area contributed by atoms with Crippen LogP contribution in [0.2, 0.25) is 0 Å². The summed E-state index contributed by atoms with van der Waals surface area (Å²) < 4.78 is 32.3. The minimum atomic E-state index is -0.848. The normalized spacial score (nSPS) is 10.4. The summed E-state index contributed by atoms with van der Waals surface area (Å²) in [7, 11) is 1.48. The molecule has 2 aromatic rings. The van der Waals surface area contributed by atoms with Crippen LogP contribution < -0.4 is 4.74 Å². The number of methoxy groups -OCH3 is 1. The maximum absolute atomic E-state index is 13.8. The van der Waals surface area contributed by atoms with Crippen LogP contribution in [0.5, 0.6) is 5.88 Å². The van der Waals surface area contributed by atoms with Crippen LogP contribution in [0.15, 0.2) is 30.5 Å². The van der Waals surface area contributed by atoms with E-state index in [-0.39, 0.29) is 12.0 Å². The number of hydrogen-bond donors (Lipinski definition) is 0. The van der Waals surface area contributed by atoms with Crippen LogP contribution in [0, 0.1) is 18.6 Å². The van der Waals surface area contributed by atoms with Crippen LogP contribution in [-0.2, 0) is 6.42 Å². The fraction of sp³-hybridized carbons (Fsp3) is 0.200. The van der Waals surface area contributed by atoms with Crippen molar-refractivity contribution in [1.82, 2.24) is 4.98 Å². The van der Waals surface area contributed by atoms with E-state index < -0.39 is 23.0 Å². The molecule has 0 saturated heterocycles. The number of pyridine rings is 1. The van der Waals surface area contributed by atoms with E-state index in [0.29, 0.717) is 11.4 Å². The second kappa shape index (κ2) is 5.77. The van der Waals surface area contributed by atoms with E-state index in [1.807, 2.05) is 0 Å². The van der Waals surface area contributed by atoms with E-state index in [9.17, 15) is 13.6 Å². The van der Waals surface area contributed by atoms with Gasteiger partial charge in [0.15, 0.2) is 5.78 Å². The number of ether oxygens (including phenoxy) is 1. The molecule has 0 aliphatic carbocycles. The first kappa shape index (κ1) is 14.1. The SMILES string of the molecule is COc1ccc(CC(=O)c2c(F)ccc(C)c2F)cn1. The summed E-state index contributed by atoms with van der Waals surface area (Å²) >= 11 is 0. The van der Waals surface area contributed by atoms with Crippen LogP contribution in [0.4, 0.5) is 8.78 Å². The first-order valence-corrected chi connectivity index (χ1v) is 5.99. The summed E-state index contributed by atoms with van der Waals surface area (Å²) in [4.78, 5) is 16.0. The third kappa shape index (κ3) is 2.82. The van der Waals surface area contributed by atoms with Crippen molar-refractivity contribution in [1.29, 1.82) is 0 Å². The number of halogens is 2. The Morgan fingerprint density at radius 3 is 2.60 bits per heavy atom. The molecule has 0 bridgehead atoms. The fourth-order valence-electron chi connectivity index (χ4n) is 1.82. The van der Waals surface area contributed by atoms with Gasteiger partial charge in [0.2, 0.25) is 5.88 Å². The maximum Gasteiger partial charge on any atom is 0.212 e. The Morgan fingerprint density at radius 1 is 1.25 bits per heavy atom. The zero-order valence-electron chi connectivity index (χ0n) is 11.1. The van der Waals surface area contributed by atoms with Crippen molar-refractivity contribution in [3.63, 3.8) is 0 Å². The maximum atomic E-state index is 13.8. The number of Topliss-reactive ketones (excluding diaryl/α,β-unsaturated/α-hetero) is 1. The third-order valence-electron chi connectivity index (χ3n) is 2.93. The summed E-state index contributed by atoms with van der Waals surface area (Å²) in [6.07, 6.45) is 1.33. The Hall–Kier alpha value is -2.30. The molecule has 3 nitrogen and oxygen atoms in total. The summed E-state index contributed by atoms with van der Waals surface area (Å²) in [6, 6.07) is 5.62. The van der Waals surface area contributed by atoms with Crippen molar-refractivity contribution in [3.05, 3.63) is 58.8 Å². The minimum absolute atomic E-state index is 0.117. The van der Waals surface area contributed by atoms with Gasteiger partial charge in [0.25, 0.3) is 0 Å². The lowest BCUT2D eigenvalue weighted by Crippen LogP contribution is -2.10. The molecule has 0 spiro atoms. The number of benzene rings is 1. The number of aromatic nitrogens is 1. The topological polar surface area (TPSA) is 39.2 Å². The highest BCUT2D eigenvalue weighted by Gasteiger charge is 2.19.